The van der Waals surface area contributed by atoms with Crippen LogP contribution < -0.4 is 14.8 Å². The lowest BCUT2D eigenvalue weighted by atomic mass is 10.0. The maximum Gasteiger partial charge on any atom is 0.259 e. The summed E-state index contributed by atoms with van der Waals surface area (Å²) in [5, 5.41) is 2.58. The molecule has 1 aromatic carbocycles. The number of aromatic nitrogens is 2. The molecule has 4 rings (SSSR count). The average molecular weight is 365 g/mol. The lowest BCUT2D eigenvalue weighted by Crippen LogP contribution is -2.15. The molecule has 136 valence electrons. The van der Waals surface area contributed by atoms with Gasteiger partial charge < -0.3 is 14.8 Å². The van der Waals surface area contributed by atoms with E-state index in [0.717, 1.165) is 28.6 Å². The van der Waals surface area contributed by atoms with Gasteiger partial charge in [0.05, 0.1) is 11.8 Å². The summed E-state index contributed by atoms with van der Waals surface area (Å²) in [5.74, 6) is 0.505. The van der Waals surface area contributed by atoms with Crippen LogP contribution in [0.3, 0.4) is 0 Å². The monoisotopic (exact) mass is 365 g/mol. The van der Waals surface area contributed by atoms with Gasteiger partial charge in [0.1, 0.15) is 19.0 Å². The molecule has 0 atom stereocenters. The molecule has 0 unspecified atom stereocenters. The van der Waals surface area contributed by atoms with Gasteiger partial charge in [0.25, 0.3) is 5.91 Å². The number of rotatable bonds is 3. The highest BCUT2D eigenvalue weighted by Gasteiger charge is 2.16. The first-order chi connectivity index (χ1) is 13.1. The number of benzene rings is 1. The Morgan fingerprint density at radius 3 is 2.59 bits per heavy atom. The van der Waals surface area contributed by atoms with Crippen molar-refractivity contribution in [3.05, 3.63) is 65.9 Å². The second-order valence-corrected chi connectivity index (χ2v) is 6.05. The van der Waals surface area contributed by atoms with E-state index in [9.17, 15) is 9.18 Å². The van der Waals surface area contributed by atoms with E-state index in [2.05, 4.69) is 15.3 Å². The number of halogens is 1. The van der Waals surface area contributed by atoms with Crippen LogP contribution in [0.2, 0.25) is 0 Å². The van der Waals surface area contributed by atoms with Crippen molar-refractivity contribution in [3.63, 3.8) is 0 Å². The summed E-state index contributed by atoms with van der Waals surface area (Å²) < 4.78 is 24.9. The van der Waals surface area contributed by atoms with Gasteiger partial charge in [-0.25, -0.2) is 9.37 Å². The fourth-order valence-corrected chi connectivity index (χ4v) is 2.87. The first-order valence-electron chi connectivity index (χ1n) is 8.39. The number of nitrogens with zero attached hydrogens (tertiary/aromatic N) is 2. The minimum Gasteiger partial charge on any atom is -0.486 e. The van der Waals surface area contributed by atoms with Gasteiger partial charge in [-0.1, -0.05) is 0 Å². The van der Waals surface area contributed by atoms with Crippen LogP contribution in [-0.2, 0) is 0 Å². The average Bonchev–Trinajstić information content (AvgIpc) is 2.68. The minimum atomic E-state index is -0.682. The van der Waals surface area contributed by atoms with E-state index >= 15 is 0 Å². The maximum absolute atomic E-state index is 13.6. The molecule has 1 aliphatic rings. The molecule has 3 heterocycles. The highest BCUT2D eigenvalue weighted by molar-refractivity contribution is 6.03. The van der Waals surface area contributed by atoms with Gasteiger partial charge >= 0.3 is 0 Å². The number of anilines is 1. The van der Waals surface area contributed by atoms with E-state index in [1.54, 1.807) is 12.3 Å². The number of hydrogen-bond acceptors (Lipinski definition) is 5. The molecular weight excluding hydrogens is 349 g/mol. The highest BCUT2D eigenvalue weighted by Crippen LogP contribution is 2.37. The number of ether oxygens (including phenoxy) is 2. The Hall–Kier alpha value is -3.48. The van der Waals surface area contributed by atoms with E-state index in [1.165, 1.54) is 12.3 Å². The first-order valence-corrected chi connectivity index (χ1v) is 8.39. The third-order valence-electron chi connectivity index (χ3n) is 4.22. The van der Waals surface area contributed by atoms with Gasteiger partial charge in [-0.2, -0.15) is 0 Å². The number of aryl methyl sites for hydroxylation is 1. The molecular formula is C20H16FN3O3. The second kappa shape index (κ2) is 7.03. The van der Waals surface area contributed by atoms with Crippen molar-refractivity contribution in [1.29, 1.82) is 0 Å². The molecule has 6 nitrogen and oxygen atoms in total. The van der Waals surface area contributed by atoms with Gasteiger partial charge in [-0.15, -0.1) is 0 Å². The molecule has 0 spiro atoms. The summed E-state index contributed by atoms with van der Waals surface area (Å²) in [7, 11) is 0. The van der Waals surface area contributed by atoms with Crippen molar-refractivity contribution in [2.24, 2.45) is 0 Å². The van der Waals surface area contributed by atoms with Crippen molar-refractivity contribution < 1.29 is 18.7 Å². The maximum atomic E-state index is 13.6. The normalized spacial score (nSPS) is 12.5. The van der Waals surface area contributed by atoms with Crippen LogP contribution >= 0.6 is 0 Å². The van der Waals surface area contributed by atoms with Crippen LogP contribution in [0.4, 0.5) is 10.2 Å². The number of nitrogens with one attached hydrogen (secondary N) is 1. The zero-order chi connectivity index (χ0) is 18.8. The molecule has 0 fully saturated rings. The fraction of sp³-hybridized carbons (Fsp3) is 0.150. The highest BCUT2D eigenvalue weighted by atomic mass is 19.1. The van der Waals surface area contributed by atoms with Crippen LogP contribution in [-0.4, -0.2) is 29.1 Å². The Morgan fingerprint density at radius 1 is 1.11 bits per heavy atom. The Labute approximate surface area is 155 Å². The van der Waals surface area contributed by atoms with Crippen molar-refractivity contribution in [3.8, 4) is 22.6 Å². The van der Waals surface area contributed by atoms with Crippen LogP contribution in [0, 0.1) is 12.7 Å². The molecule has 1 aliphatic heterocycles. The largest absolute Gasteiger partial charge is 0.486 e. The Balaban J connectivity index is 1.56. The standard InChI is InChI=1S/C20H16FN3O3/c1-12-8-17-18(27-7-6-26-17)9-15(12)13-2-3-19(23-10-13)24-20(25)14-4-5-22-11-16(14)21/h2-5,8-11H,6-7H2,1H3,(H,23,24,25). The quantitative estimate of drug-likeness (QED) is 0.767. The number of fused-ring (bicyclic) bond motifs is 1. The molecule has 0 radical (unpaired) electrons. The van der Waals surface area contributed by atoms with Crippen molar-refractivity contribution >= 4 is 11.7 Å². The number of amides is 1. The SMILES string of the molecule is Cc1cc2c(cc1-c1ccc(NC(=O)c3ccncc3F)nc1)OCCO2. The number of carbonyl (C=O) groups excluding carboxylic acids is 1. The first kappa shape index (κ1) is 17.0. The topological polar surface area (TPSA) is 73.3 Å². The van der Waals surface area contributed by atoms with Gasteiger partial charge in [0, 0.05) is 18.0 Å². The molecule has 0 bridgehead atoms. The van der Waals surface area contributed by atoms with Gasteiger partial charge in [-0.05, 0) is 48.4 Å². The summed E-state index contributed by atoms with van der Waals surface area (Å²) in [6, 6.07) is 8.68. The molecule has 0 aliphatic carbocycles. The third kappa shape index (κ3) is 3.44. The van der Waals surface area contributed by atoms with Crippen LogP contribution in [0.1, 0.15) is 15.9 Å². The van der Waals surface area contributed by atoms with Crippen LogP contribution in [0.15, 0.2) is 48.9 Å². The van der Waals surface area contributed by atoms with Crippen LogP contribution in [0.5, 0.6) is 11.5 Å². The van der Waals surface area contributed by atoms with E-state index in [1.807, 2.05) is 25.1 Å². The zero-order valence-electron chi connectivity index (χ0n) is 14.5. The Bertz CT molecular complexity index is 1010. The molecule has 1 N–H and O–H groups in total. The predicted molar refractivity (Wildman–Crippen MR) is 97.5 cm³/mol. The van der Waals surface area contributed by atoms with Gasteiger partial charge in [-0.3, -0.25) is 9.78 Å². The Morgan fingerprint density at radius 2 is 1.89 bits per heavy atom. The van der Waals surface area contributed by atoms with Crippen molar-refractivity contribution in [1.82, 2.24) is 9.97 Å². The van der Waals surface area contributed by atoms with Crippen molar-refractivity contribution in [2.45, 2.75) is 6.92 Å². The molecule has 2 aromatic heterocycles. The van der Waals surface area contributed by atoms with Crippen LogP contribution in [0.25, 0.3) is 11.1 Å². The number of pyridine rings is 2. The smallest absolute Gasteiger partial charge is 0.259 e. The number of hydrogen-bond donors (Lipinski definition) is 1. The van der Waals surface area contributed by atoms with E-state index in [4.69, 9.17) is 9.47 Å². The summed E-state index contributed by atoms with van der Waals surface area (Å²) in [4.78, 5) is 20.0. The van der Waals surface area contributed by atoms with E-state index in [0.29, 0.717) is 24.8 Å². The summed E-state index contributed by atoms with van der Waals surface area (Å²) in [6.45, 7) is 3.04. The lowest BCUT2D eigenvalue weighted by Gasteiger charge is -2.20. The summed E-state index contributed by atoms with van der Waals surface area (Å²) in [5.41, 5.74) is 2.78. The molecule has 0 saturated carbocycles. The molecule has 3 aromatic rings. The molecule has 0 saturated heterocycles. The zero-order valence-corrected chi connectivity index (χ0v) is 14.5. The third-order valence-corrected chi connectivity index (χ3v) is 4.22. The van der Waals surface area contributed by atoms with E-state index in [-0.39, 0.29) is 5.56 Å². The minimum absolute atomic E-state index is 0.0847. The van der Waals surface area contributed by atoms with Gasteiger partial charge in [0.15, 0.2) is 17.3 Å². The van der Waals surface area contributed by atoms with Gasteiger partial charge in [0.2, 0.25) is 0 Å². The molecule has 1 amide bonds. The fourth-order valence-electron chi connectivity index (χ4n) is 2.87. The van der Waals surface area contributed by atoms with E-state index < -0.39 is 11.7 Å². The molecule has 7 heteroatoms. The van der Waals surface area contributed by atoms with Crippen molar-refractivity contribution in [2.75, 3.05) is 18.5 Å². The summed E-state index contributed by atoms with van der Waals surface area (Å²) >= 11 is 0. The summed E-state index contributed by atoms with van der Waals surface area (Å²) in [6.07, 6.45) is 4.01. The lowest BCUT2D eigenvalue weighted by molar-refractivity contribution is 0.102. The number of carbonyl (C=O) groups is 1. The molecule has 27 heavy (non-hydrogen) atoms. The second-order valence-electron chi connectivity index (χ2n) is 6.05. The predicted octanol–water partition coefficient (Wildman–Crippen LogP) is 3.61. The Kier molecular flexibility index (Phi) is 4.42.